The molecule has 1 amide bonds. The van der Waals surface area contributed by atoms with E-state index in [1.165, 1.54) is 11.1 Å². The van der Waals surface area contributed by atoms with Gasteiger partial charge >= 0.3 is 0 Å². The molecule has 0 radical (unpaired) electrons. The summed E-state index contributed by atoms with van der Waals surface area (Å²) in [5, 5.41) is 2.90. The van der Waals surface area contributed by atoms with Gasteiger partial charge in [-0.1, -0.05) is 18.2 Å². The van der Waals surface area contributed by atoms with Gasteiger partial charge in [-0.3, -0.25) is 4.79 Å². The molecule has 1 N–H and O–H groups in total. The number of methoxy groups -OCH3 is 1. The molecule has 0 aliphatic carbocycles. The van der Waals surface area contributed by atoms with Crippen LogP contribution in [-0.4, -0.2) is 18.0 Å². The summed E-state index contributed by atoms with van der Waals surface area (Å²) in [6, 6.07) is 18.8. The number of carbonyl (C=O) groups is 1. The van der Waals surface area contributed by atoms with Gasteiger partial charge in [0.25, 0.3) is 5.91 Å². The minimum Gasteiger partial charge on any atom is -0.497 e. The SMILES string of the molecule is COc1cccc(C(=O)Nc2ccc(Cc3nc4cc(C)c(C)cc4o3)cc2)c1. The van der Waals surface area contributed by atoms with Gasteiger partial charge in [-0.15, -0.1) is 0 Å². The number of hydrogen-bond acceptors (Lipinski definition) is 4. The average molecular weight is 386 g/mol. The number of aromatic nitrogens is 1. The van der Waals surface area contributed by atoms with E-state index >= 15 is 0 Å². The molecular weight excluding hydrogens is 364 g/mol. The number of benzene rings is 3. The maximum Gasteiger partial charge on any atom is 0.255 e. The van der Waals surface area contributed by atoms with Crippen molar-refractivity contribution in [3.05, 3.63) is 88.8 Å². The van der Waals surface area contributed by atoms with Gasteiger partial charge in [0, 0.05) is 17.7 Å². The molecule has 4 rings (SSSR count). The largest absolute Gasteiger partial charge is 0.497 e. The van der Waals surface area contributed by atoms with E-state index < -0.39 is 0 Å². The molecule has 0 spiro atoms. The highest BCUT2D eigenvalue weighted by molar-refractivity contribution is 6.04. The second-order valence-electron chi connectivity index (χ2n) is 7.07. The molecule has 0 saturated carbocycles. The summed E-state index contributed by atoms with van der Waals surface area (Å²) in [5.74, 6) is 1.15. The summed E-state index contributed by atoms with van der Waals surface area (Å²) < 4.78 is 11.1. The number of carbonyl (C=O) groups excluding carboxylic acids is 1. The topological polar surface area (TPSA) is 64.4 Å². The molecule has 0 bridgehead atoms. The summed E-state index contributed by atoms with van der Waals surface area (Å²) >= 11 is 0. The highest BCUT2D eigenvalue weighted by Crippen LogP contribution is 2.22. The van der Waals surface area contributed by atoms with E-state index in [1.807, 2.05) is 30.3 Å². The van der Waals surface area contributed by atoms with Crippen LogP contribution in [0.2, 0.25) is 0 Å². The van der Waals surface area contributed by atoms with Crippen LogP contribution in [0.3, 0.4) is 0 Å². The van der Waals surface area contributed by atoms with Crippen LogP contribution in [-0.2, 0) is 6.42 Å². The first-order valence-corrected chi connectivity index (χ1v) is 9.43. The Morgan fingerprint density at radius 3 is 2.55 bits per heavy atom. The molecule has 3 aromatic carbocycles. The van der Waals surface area contributed by atoms with Crippen molar-refractivity contribution in [1.82, 2.24) is 4.98 Å². The molecule has 0 aliphatic rings. The van der Waals surface area contributed by atoms with Crippen molar-refractivity contribution in [3.63, 3.8) is 0 Å². The third kappa shape index (κ3) is 4.14. The Kier molecular flexibility index (Phi) is 5.04. The van der Waals surface area contributed by atoms with Gasteiger partial charge in [-0.25, -0.2) is 4.98 Å². The Labute approximate surface area is 169 Å². The maximum atomic E-state index is 12.4. The molecule has 0 fully saturated rings. The number of oxazole rings is 1. The molecule has 29 heavy (non-hydrogen) atoms. The Morgan fingerprint density at radius 1 is 1.03 bits per heavy atom. The van der Waals surface area contributed by atoms with E-state index in [-0.39, 0.29) is 5.91 Å². The zero-order chi connectivity index (χ0) is 20.4. The average Bonchev–Trinajstić information content (AvgIpc) is 3.10. The van der Waals surface area contributed by atoms with Gasteiger partial charge in [0.1, 0.15) is 11.3 Å². The lowest BCUT2D eigenvalue weighted by Crippen LogP contribution is -2.11. The normalized spacial score (nSPS) is 10.9. The summed E-state index contributed by atoms with van der Waals surface area (Å²) in [7, 11) is 1.58. The van der Waals surface area contributed by atoms with Crippen LogP contribution in [0, 0.1) is 13.8 Å². The van der Waals surface area contributed by atoms with Crippen molar-refractivity contribution < 1.29 is 13.9 Å². The van der Waals surface area contributed by atoms with Gasteiger partial charge in [-0.05, 0) is 73.0 Å². The summed E-state index contributed by atoms with van der Waals surface area (Å²) in [4.78, 5) is 17.0. The van der Waals surface area contributed by atoms with E-state index in [0.29, 0.717) is 23.6 Å². The lowest BCUT2D eigenvalue weighted by Gasteiger charge is -2.07. The minimum atomic E-state index is -0.179. The first-order chi connectivity index (χ1) is 14.0. The first kappa shape index (κ1) is 18.7. The highest BCUT2D eigenvalue weighted by atomic mass is 16.5. The summed E-state index contributed by atoms with van der Waals surface area (Å²) in [6.07, 6.45) is 0.594. The fourth-order valence-electron chi connectivity index (χ4n) is 3.15. The number of ether oxygens (including phenoxy) is 1. The number of nitrogens with one attached hydrogen (secondary N) is 1. The molecule has 5 heteroatoms. The van der Waals surface area contributed by atoms with Crippen LogP contribution in [0.25, 0.3) is 11.1 Å². The van der Waals surface area contributed by atoms with Gasteiger partial charge in [0.2, 0.25) is 0 Å². The van der Waals surface area contributed by atoms with Crippen molar-refractivity contribution in [3.8, 4) is 5.75 Å². The fraction of sp³-hybridized carbons (Fsp3) is 0.167. The number of nitrogens with zero attached hydrogens (tertiary/aromatic N) is 1. The van der Waals surface area contributed by atoms with Crippen LogP contribution < -0.4 is 10.1 Å². The second kappa shape index (κ2) is 7.80. The molecule has 1 aromatic heterocycles. The van der Waals surface area contributed by atoms with Gasteiger partial charge in [0.15, 0.2) is 11.5 Å². The summed E-state index contributed by atoms with van der Waals surface area (Å²) in [5.41, 5.74) is 6.42. The number of amides is 1. The van der Waals surface area contributed by atoms with Gasteiger partial charge in [-0.2, -0.15) is 0 Å². The van der Waals surface area contributed by atoms with Crippen LogP contribution in [0.5, 0.6) is 5.75 Å². The van der Waals surface area contributed by atoms with Crippen molar-refractivity contribution in [2.75, 3.05) is 12.4 Å². The first-order valence-electron chi connectivity index (χ1n) is 9.43. The fourth-order valence-corrected chi connectivity index (χ4v) is 3.15. The van der Waals surface area contributed by atoms with Crippen LogP contribution in [0.15, 0.2) is 65.1 Å². The zero-order valence-electron chi connectivity index (χ0n) is 16.7. The predicted molar refractivity (Wildman–Crippen MR) is 114 cm³/mol. The van der Waals surface area contributed by atoms with Crippen LogP contribution in [0.4, 0.5) is 5.69 Å². The number of anilines is 1. The Balaban J connectivity index is 1.45. The smallest absolute Gasteiger partial charge is 0.255 e. The Morgan fingerprint density at radius 2 is 1.79 bits per heavy atom. The van der Waals surface area contributed by atoms with Crippen molar-refractivity contribution >= 4 is 22.7 Å². The summed E-state index contributed by atoms with van der Waals surface area (Å²) in [6.45, 7) is 4.14. The molecule has 0 aliphatic heterocycles. The van der Waals surface area contributed by atoms with E-state index in [4.69, 9.17) is 9.15 Å². The molecule has 0 saturated heterocycles. The van der Waals surface area contributed by atoms with E-state index in [2.05, 4.69) is 30.2 Å². The second-order valence-corrected chi connectivity index (χ2v) is 7.07. The molecule has 0 unspecified atom stereocenters. The Bertz CT molecular complexity index is 1140. The van der Waals surface area contributed by atoms with E-state index in [9.17, 15) is 4.79 Å². The third-order valence-electron chi connectivity index (χ3n) is 4.95. The molecule has 146 valence electrons. The number of fused-ring (bicyclic) bond motifs is 1. The molecule has 5 nitrogen and oxygen atoms in total. The van der Waals surface area contributed by atoms with Crippen LogP contribution >= 0.6 is 0 Å². The van der Waals surface area contributed by atoms with Crippen molar-refractivity contribution in [2.24, 2.45) is 0 Å². The number of aryl methyl sites for hydroxylation is 2. The highest BCUT2D eigenvalue weighted by Gasteiger charge is 2.10. The third-order valence-corrected chi connectivity index (χ3v) is 4.95. The standard InChI is InChI=1S/C24H22N2O3/c1-15-11-21-22(12-16(15)2)29-23(26-21)13-17-7-9-19(10-8-17)25-24(27)18-5-4-6-20(14-18)28-3/h4-12,14H,13H2,1-3H3,(H,25,27). The van der Waals surface area contributed by atoms with Crippen molar-refractivity contribution in [1.29, 1.82) is 0 Å². The van der Waals surface area contributed by atoms with E-state index in [1.54, 1.807) is 31.4 Å². The lowest BCUT2D eigenvalue weighted by atomic mass is 10.1. The number of rotatable bonds is 5. The Hall–Kier alpha value is -3.60. The molecule has 1 heterocycles. The zero-order valence-corrected chi connectivity index (χ0v) is 16.7. The lowest BCUT2D eigenvalue weighted by molar-refractivity contribution is 0.102. The molecule has 0 atom stereocenters. The molecule has 4 aromatic rings. The number of hydrogen-bond donors (Lipinski definition) is 1. The minimum absolute atomic E-state index is 0.179. The van der Waals surface area contributed by atoms with E-state index in [0.717, 1.165) is 22.4 Å². The quantitative estimate of drug-likeness (QED) is 0.506. The monoisotopic (exact) mass is 386 g/mol. The predicted octanol–water partition coefficient (Wildman–Crippen LogP) is 5.30. The molecular formula is C24H22N2O3. The van der Waals surface area contributed by atoms with Gasteiger partial charge < -0.3 is 14.5 Å². The van der Waals surface area contributed by atoms with Crippen molar-refractivity contribution in [2.45, 2.75) is 20.3 Å². The van der Waals surface area contributed by atoms with Crippen LogP contribution in [0.1, 0.15) is 32.9 Å². The van der Waals surface area contributed by atoms with Gasteiger partial charge in [0.05, 0.1) is 7.11 Å². The maximum absolute atomic E-state index is 12.4.